The summed E-state index contributed by atoms with van der Waals surface area (Å²) in [7, 11) is 1.69. The highest BCUT2D eigenvalue weighted by atomic mass is 16.6. The number of hydrogen-bond acceptors (Lipinski definition) is 6. The van der Waals surface area contributed by atoms with Gasteiger partial charge < -0.3 is 14.2 Å². The van der Waals surface area contributed by atoms with Crippen LogP contribution in [-0.2, 0) is 16.0 Å². The number of methoxy groups -OCH3 is 1. The van der Waals surface area contributed by atoms with Crippen molar-refractivity contribution in [3.05, 3.63) is 64.8 Å². The van der Waals surface area contributed by atoms with Crippen molar-refractivity contribution in [3.63, 3.8) is 0 Å². The summed E-state index contributed by atoms with van der Waals surface area (Å²) in [5.41, 5.74) is 4.05. The number of nitrogens with zero attached hydrogens (tertiary/aromatic N) is 3. The first kappa shape index (κ1) is 26.7. The van der Waals surface area contributed by atoms with Crippen LogP contribution in [0.25, 0.3) is 10.9 Å². The number of piperidine rings is 1. The van der Waals surface area contributed by atoms with Crippen molar-refractivity contribution in [2.45, 2.75) is 71.8 Å². The van der Waals surface area contributed by atoms with Gasteiger partial charge in [-0.3, -0.25) is 9.47 Å². The monoisotopic (exact) mass is 503 g/mol. The van der Waals surface area contributed by atoms with Crippen LogP contribution in [0, 0.1) is 18.3 Å². The minimum Gasteiger partial charge on any atom is -0.496 e. The van der Waals surface area contributed by atoms with Gasteiger partial charge in [-0.15, -0.1) is 0 Å². The zero-order valence-electron chi connectivity index (χ0n) is 22.7. The Morgan fingerprint density at radius 3 is 2.54 bits per heavy atom. The third-order valence-corrected chi connectivity index (χ3v) is 6.89. The smallest absolute Gasteiger partial charge is 0.419 e. The maximum absolute atomic E-state index is 13.0. The molecular weight excluding hydrogens is 466 g/mol. The van der Waals surface area contributed by atoms with E-state index >= 15 is 0 Å². The number of carbonyl (C=O) groups excluding carboxylic acids is 1. The van der Waals surface area contributed by atoms with Crippen molar-refractivity contribution in [2.24, 2.45) is 0 Å². The normalized spacial score (nSPS) is 18.5. The summed E-state index contributed by atoms with van der Waals surface area (Å²) in [4.78, 5) is 15.4. The number of fused-ring (bicyclic) bond motifs is 1. The number of hydrogen-bond donors (Lipinski definition) is 0. The van der Waals surface area contributed by atoms with E-state index in [-0.39, 0.29) is 12.1 Å². The highest BCUT2D eigenvalue weighted by Gasteiger charge is 2.32. The molecule has 1 aliphatic rings. The van der Waals surface area contributed by atoms with Gasteiger partial charge in [-0.25, -0.2) is 4.79 Å². The van der Waals surface area contributed by atoms with Crippen LogP contribution in [0.2, 0.25) is 0 Å². The Balaban J connectivity index is 1.73. The first-order valence-corrected chi connectivity index (χ1v) is 12.9. The van der Waals surface area contributed by atoms with Crippen molar-refractivity contribution < 1.29 is 19.0 Å². The minimum atomic E-state index is -0.587. The third-order valence-electron chi connectivity index (χ3n) is 6.89. The lowest BCUT2D eigenvalue weighted by molar-refractivity contribution is -0.0138. The van der Waals surface area contributed by atoms with E-state index in [0.717, 1.165) is 52.7 Å². The van der Waals surface area contributed by atoms with E-state index in [2.05, 4.69) is 11.0 Å². The molecule has 3 aromatic rings. The van der Waals surface area contributed by atoms with Crippen molar-refractivity contribution in [1.29, 1.82) is 5.26 Å². The lowest BCUT2D eigenvalue weighted by atomic mass is 9.91. The van der Waals surface area contributed by atoms with E-state index in [1.165, 1.54) is 0 Å². The molecule has 37 heavy (non-hydrogen) atoms. The SMILES string of the molecule is CCOC1CCN(Cc2c(OC)cc(C)c3c2ccn3C(=O)OC(C)(C)C)C(c2ccc(C#N)cc2)C1. The van der Waals surface area contributed by atoms with E-state index in [9.17, 15) is 10.1 Å². The summed E-state index contributed by atoms with van der Waals surface area (Å²) >= 11 is 0. The van der Waals surface area contributed by atoms with Gasteiger partial charge in [0.1, 0.15) is 11.4 Å². The number of carbonyl (C=O) groups is 1. The van der Waals surface area contributed by atoms with Crippen molar-refractivity contribution in [1.82, 2.24) is 9.47 Å². The van der Waals surface area contributed by atoms with Gasteiger partial charge >= 0.3 is 6.09 Å². The maximum atomic E-state index is 13.0. The molecule has 0 spiro atoms. The zero-order chi connectivity index (χ0) is 26.7. The Morgan fingerprint density at radius 2 is 1.92 bits per heavy atom. The number of likely N-dealkylation sites (tertiary alicyclic amines) is 1. The number of aromatic nitrogens is 1. The number of ether oxygens (including phenoxy) is 3. The van der Waals surface area contributed by atoms with Crippen LogP contribution < -0.4 is 4.74 Å². The van der Waals surface area contributed by atoms with Crippen LogP contribution >= 0.6 is 0 Å². The predicted octanol–water partition coefficient (Wildman–Crippen LogP) is 6.36. The summed E-state index contributed by atoms with van der Waals surface area (Å²) in [5.74, 6) is 0.803. The largest absolute Gasteiger partial charge is 0.496 e. The van der Waals surface area contributed by atoms with Crippen molar-refractivity contribution >= 4 is 17.0 Å². The molecule has 1 aromatic heterocycles. The molecular formula is C30H37N3O4. The standard InChI is InChI=1S/C30H37N3O4/c1-7-36-23-12-14-32(26(17-23)22-10-8-21(18-31)9-11-22)19-25-24-13-15-33(29(34)37-30(3,4)5)28(24)20(2)16-27(25)35-6/h8-11,13,15-16,23,26H,7,12,14,17,19H2,1-6H3. The molecule has 0 saturated carbocycles. The van der Waals surface area contributed by atoms with Crippen LogP contribution in [0.3, 0.4) is 0 Å². The number of nitriles is 1. The molecule has 7 nitrogen and oxygen atoms in total. The molecule has 0 aliphatic carbocycles. The molecule has 0 radical (unpaired) electrons. The molecule has 1 saturated heterocycles. The van der Waals surface area contributed by atoms with Crippen molar-refractivity contribution in [3.8, 4) is 11.8 Å². The molecule has 7 heteroatoms. The molecule has 1 aliphatic heterocycles. The summed E-state index contributed by atoms with van der Waals surface area (Å²) < 4.78 is 19.1. The average molecular weight is 504 g/mol. The van der Waals surface area contributed by atoms with Crippen molar-refractivity contribution in [2.75, 3.05) is 20.3 Å². The van der Waals surface area contributed by atoms with Crippen LogP contribution in [0.15, 0.2) is 42.6 Å². The molecule has 2 aromatic carbocycles. The summed E-state index contributed by atoms with van der Waals surface area (Å²) in [6, 6.07) is 14.2. The Hall–Kier alpha value is -3.34. The lowest BCUT2D eigenvalue weighted by Gasteiger charge is -2.40. The number of benzene rings is 2. The first-order chi connectivity index (χ1) is 17.6. The topological polar surface area (TPSA) is 76.7 Å². The molecule has 2 heterocycles. The Bertz CT molecular complexity index is 1300. The summed E-state index contributed by atoms with van der Waals surface area (Å²) in [6.07, 6.45) is 3.39. The molecule has 2 atom stereocenters. The predicted molar refractivity (Wildman–Crippen MR) is 144 cm³/mol. The molecule has 1 fully saturated rings. The van der Waals surface area contributed by atoms with Crippen LogP contribution in [0.4, 0.5) is 4.79 Å². The maximum Gasteiger partial charge on any atom is 0.419 e. The summed E-state index contributed by atoms with van der Waals surface area (Å²) in [5, 5.41) is 10.2. The average Bonchev–Trinajstić information content (AvgIpc) is 3.32. The second-order valence-electron chi connectivity index (χ2n) is 10.6. The quantitative estimate of drug-likeness (QED) is 0.390. The fourth-order valence-corrected chi connectivity index (χ4v) is 5.26. The van der Waals surface area contributed by atoms with E-state index < -0.39 is 11.7 Å². The van der Waals surface area contributed by atoms with Gasteiger partial charge in [-0.1, -0.05) is 12.1 Å². The van der Waals surface area contributed by atoms with E-state index in [0.29, 0.717) is 18.7 Å². The van der Waals surface area contributed by atoms with E-state index in [4.69, 9.17) is 14.2 Å². The first-order valence-electron chi connectivity index (χ1n) is 12.9. The fourth-order valence-electron chi connectivity index (χ4n) is 5.26. The van der Waals surface area contributed by atoms with Crippen LogP contribution in [0.1, 0.15) is 68.8 Å². The van der Waals surface area contributed by atoms with Gasteiger partial charge in [0.05, 0.1) is 30.4 Å². The molecule has 0 bridgehead atoms. The highest BCUT2D eigenvalue weighted by molar-refractivity contribution is 5.95. The third kappa shape index (κ3) is 5.82. The van der Waals surface area contributed by atoms with Gasteiger partial charge in [0.2, 0.25) is 0 Å². The Morgan fingerprint density at radius 1 is 1.19 bits per heavy atom. The number of aryl methyl sites for hydroxylation is 1. The molecule has 0 amide bonds. The van der Waals surface area contributed by atoms with Gasteiger partial charge in [0.25, 0.3) is 0 Å². The zero-order valence-corrected chi connectivity index (χ0v) is 22.7. The summed E-state index contributed by atoms with van der Waals surface area (Å²) in [6.45, 7) is 11.8. The second-order valence-corrected chi connectivity index (χ2v) is 10.6. The molecule has 0 N–H and O–H groups in total. The molecule has 196 valence electrons. The van der Waals surface area contributed by atoms with Gasteiger partial charge in [-0.2, -0.15) is 5.26 Å². The van der Waals surface area contributed by atoms with E-state index in [1.54, 1.807) is 17.9 Å². The number of rotatable bonds is 6. The molecule has 2 unspecified atom stereocenters. The van der Waals surface area contributed by atoms with Gasteiger partial charge in [-0.05, 0) is 82.9 Å². The van der Waals surface area contributed by atoms with Gasteiger partial charge in [0, 0.05) is 42.9 Å². The highest BCUT2D eigenvalue weighted by Crippen LogP contribution is 2.38. The van der Waals surface area contributed by atoms with Gasteiger partial charge in [0.15, 0.2) is 0 Å². The minimum absolute atomic E-state index is 0.132. The lowest BCUT2D eigenvalue weighted by Crippen LogP contribution is -2.39. The fraction of sp³-hybridized carbons (Fsp3) is 0.467. The molecule has 4 rings (SSSR count). The van der Waals surface area contributed by atoms with Crippen LogP contribution in [0.5, 0.6) is 5.75 Å². The second kappa shape index (κ2) is 11.0. The van der Waals surface area contributed by atoms with E-state index in [1.807, 2.05) is 71.0 Å². The van der Waals surface area contributed by atoms with Crippen LogP contribution in [-0.4, -0.2) is 47.5 Å². The Kier molecular flexibility index (Phi) is 7.91. The Labute approximate surface area is 219 Å².